The number of benzene rings is 12. The molecule has 0 N–H and O–H groups in total. The molecule has 12 aromatic carbocycles. The van der Waals surface area contributed by atoms with E-state index in [-0.39, 0.29) is 0 Å². The molecule has 2 heterocycles. The van der Waals surface area contributed by atoms with Crippen molar-refractivity contribution in [3.05, 3.63) is 325 Å². The standard InChI is InChI=1S/C80H55N3/c1-52-19-17-29-68-66-26-9-15-34-75(66)83(79(52)68)60-48-39-54(40-49-60)53-37-44-58(45-38-53)81(74-33-14-8-25-65(74)67-28-18-36-77-78(67)69-27-10-16-35-76(69)82(77)57-20-3-2-4-21-57)59-46-41-55(42-47-59)56-43-50-64-63-24-7-13-32-72(63)80(73(64)51-56)70-30-11-5-22-61(70)62-23-6-12-31-71(62)80/h2-18,20-52H,19H2,1H3. The van der Waals surface area contributed by atoms with Crippen LogP contribution in [0.3, 0.4) is 0 Å². The zero-order chi connectivity index (χ0) is 54.8. The van der Waals surface area contributed by atoms with Gasteiger partial charge in [0.2, 0.25) is 0 Å². The maximum absolute atomic E-state index is 2.49. The van der Waals surface area contributed by atoms with Crippen LogP contribution in [0.1, 0.15) is 52.8 Å². The molecule has 0 saturated heterocycles. The minimum Gasteiger partial charge on any atom is -0.313 e. The second-order valence-electron chi connectivity index (χ2n) is 22.7. The van der Waals surface area contributed by atoms with Crippen LogP contribution < -0.4 is 4.90 Å². The van der Waals surface area contributed by atoms with Crippen molar-refractivity contribution < 1.29 is 0 Å². The largest absolute Gasteiger partial charge is 0.313 e. The van der Waals surface area contributed by atoms with Gasteiger partial charge in [-0.25, -0.2) is 0 Å². The molecule has 390 valence electrons. The number of allylic oxidation sites excluding steroid dienone is 1. The van der Waals surface area contributed by atoms with Crippen LogP contribution in [0.4, 0.5) is 17.1 Å². The van der Waals surface area contributed by atoms with Crippen molar-refractivity contribution in [2.45, 2.75) is 24.7 Å². The molecule has 1 atom stereocenters. The first kappa shape index (κ1) is 47.3. The Morgan fingerprint density at radius 2 is 0.831 bits per heavy atom. The molecule has 0 fully saturated rings. The van der Waals surface area contributed by atoms with Crippen LogP contribution in [0.5, 0.6) is 0 Å². The normalized spacial score (nSPS) is 14.2. The van der Waals surface area contributed by atoms with E-state index in [1.807, 2.05) is 0 Å². The molecule has 0 aliphatic heterocycles. The lowest BCUT2D eigenvalue weighted by Gasteiger charge is -2.30. The number of aromatic nitrogens is 2. The van der Waals surface area contributed by atoms with Gasteiger partial charge in [0, 0.05) is 61.6 Å². The number of anilines is 3. The molecule has 0 bridgehead atoms. The molecule has 0 radical (unpaired) electrons. The maximum Gasteiger partial charge on any atom is 0.0725 e. The van der Waals surface area contributed by atoms with E-state index < -0.39 is 5.41 Å². The molecule has 3 nitrogen and oxygen atoms in total. The summed E-state index contributed by atoms with van der Waals surface area (Å²) in [6, 6.07) is 106. The molecule has 83 heavy (non-hydrogen) atoms. The highest BCUT2D eigenvalue weighted by Crippen LogP contribution is 2.63. The first-order valence-electron chi connectivity index (χ1n) is 29.1. The van der Waals surface area contributed by atoms with Crippen molar-refractivity contribution in [1.82, 2.24) is 9.13 Å². The zero-order valence-corrected chi connectivity index (χ0v) is 45.9. The molecular weight excluding hydrogens is 1000 g/mol. The molecule has 0 saturated carbocycles. The second kappa shape index (κ2) is 18.5. The van der Waals surface area contributed by atoms with Crippen LogP contribution in [0, 0.1) is 0 Å². The number of hydrogen-bond acceptors (Lipinski definition) is 1. The van der Waals surface area contributed by atoms with Crippen LogP contribution in [-0.4, -0.2) is 9.13 Å². The Morgan fingerprint density at radius 1 is 0.361 bits per heavy atom. The maximum atomic E-state index is 2.49. The van der Waals surface area contributed by atoms with E-state index in [2.05, 4.69) is 318 Å². The van der Waals surface area contributed by atoms with E-state index in [1.54, 1.807) is 0 Å². The summed E-state index contributed by atoms with van der Waals surface area (Å²) in [5, 5.41) is 3.77. The second-order valence-corrected chi connectivity index (χ2v) is 22.7. The predicted molar refractivity (Wildman–Crippen MR) is 347 cm³/mol. The molecule has 2 aromatic heterocycles. The Bertz CT molecular complexity index is 4870. The van der Waals surface area contributed by atoms with Crippen molar-refractivity contribution in [2.75, 3.05) is 4.90 Å². The van der Waals surface area contributed by atoms with Gasteiger partial charge in [0.05, 0.1) is 27.7 Å². The van der Waals surface area contributed by atoms with Crippen LogP contribution in [0.25, 0.3) is 106 Å². The van der Waals surface area contributed by atoms with Gasteiger partial charge in [-0.3, -0.25) is 0 Å². The van der Waals surface area contributed by atoms with E-state index in [1.165, 1.54) is 122 Å². The summed E-state index contributed by atoms with van der Waals surface area (Å²) in [5.41, 5.74) is 29.3. The van der Waals surface area contributed by atoms with Crippen LogP contribution in [0.15, 0.2) is 291 Å². The Balaban J connectivity index is 0.798. The fraction of sp³-hybridized carbons (Fsp3) is 0.0500. The highest BCUT2D eigenvalue weighted by atomic mass is 15.1. The quantitative estimate of drug-likeness (QED) is 0.148. The lowest BCUT2D eigenvalue weighted by molar-refractivity contribution is 0.723. The number of fused-ring (bicyclic) bond motifs is 16. The third-order valence-electron chi connectivity index (χ3n) is 18.4. The molecule has 0 amide bonds. The van der Waals surface area contributed by atoms with Crippen LogP contribution in [-0.2, 0) is 5.41 Å². The minimum absolute atomic E-state index is 0.409. The summed E-state index contributed by atoms with van der Waals surface area (Å²) in [5.74, 6) is 0.431. The number of nitrogens with zero attached hydrogens (tertiary/aromatic N) is 3. The Labute approximate surface area is 483 Å². The summed E-state index contributed by atoms with van der Waals surface area (Å²) in [7, 11) is 0. The monoisotopic (exact) mass is 1060 g/mol. The van der Waals surface area contributed by atoms with Crippen molar-refractivity contribution in [1.29, 1.82) is 0 Å². The first-order valence-corrected chi connectivity index (χ1v) is 29.1. The van der Waals surface area contributed by atoms with Gasteiger partial charge < -0.3 is 14.0 Å². The van der Waals surface area contributed by atoms with Crippen molar-refractivity contribution in [3.63, 3.8) is 0 Å². The van der Waals surface area contributed by atoms with Gasteiger partial charge >= 0.3 is 0 Å². The van der Waals surface area contributed by atoms with Gasteiger partial charge in [0.15, 0.2) is 0 Å². The molecule has 3 heteroatoms. The van der Waals surface area contributed by atoms with E-state index in [0.717, 1.165) is 34.7 Å². The van der Waals surface area contributed by atoms with Gasteiger partial charge in [0.25, 0.3) is 0 Å². The van der Waals surface area contributed by atoms with Gasteiger partial charge in [-0.05, 0) is 158 Å². The Kier molecular flexibility index (Phi) is 10.6. The molecule has 3 aliphatic carbocycles. The average molecular weight is 1060 g/mol. The van der Waals surface area contributed by atoms with Gasteiger partial charge in [-0.2, -0.15) is 0 Å². The number of hydrogen-bond donors (Lipinski definition) is 0. The van der Waals surface area contributed by atoms with Crippen molar-refractivity contribution >= 4 is 55.8 Å². The van der Waals surface area contributed by atoms with E-state index >= 15 is 0 Å². The molecule has 3 aliphatic rings. The molecule has 1 unspecified atom stereocenters. The summed E-state index contributed by atoms with van der Waals surface area (Å²) < 4.78 is 4.90. The highest BCUT2D eigenvalue weighted by Gasteiger charge is 2.51. The predicted octanol–water partition coefficient (Wildman–Crippen LogP) is 21.1. The summed E-state index contributed by atoms with van der Waals surface area (Å²) in [4.78, 5) is 2.46. The minimum atomic E-state index is -0.409. The lowest BCUT2D eigenvalue weighted by atomic mass is 9.70. The van der Waals surface area contributed by atoms with E-state index in [0.29, 0.717) is 5.92 Å². The van der Waals surface area contributed by atoms with Gasteiger partial charge in [-0.1, -0.05) is 225 Å². The molecular formula is C80H55N3. The fourth-order valence-corrected chi connectivity index (χ4v) is 14.8. The number of rotatable bonds is 8. The molecule has 1 spiro atoms. The van der Waals surface area contributed by atoms with Gasteiger partial charge in [-0.15, -0.1) is 0 Å². The molecule has 17 rings (SSSR count). The summed E-state index contributed by atoms with van der Waals surface area (Å²) in [6.45, 7) is 2.35. The Morgan fingerprint density at radius 3 is 1.48 bits per heavy atom. The SMILES string of the molecule is CC1CC=Cc2c1n(-c1ccc(-c3ccc(N(c4ccc(-c5ccc6c(c5)C5(c7ccccc7-c7ccccc75)c5ccccc5-6)cc4)c4ccccc4-c4cccc5c4c4ccccc4n5-c4ccccc4)cc3)cc1)c1ccccc21. The number of para-hydroxylation sites is 4. The molecule has 14 aromatic rings. The van der Waals surface area contributed by atoms with E-state index in [4.69, 9.17) is 0 Å². The average Bonchev–Trinajstić information content (AvgIpc) is 3.54. The Hall–Kier alpha value is -10.5. The topological polar surface area (TPSA) is 13.1 Å². The summed E-state index contributed by atoms with van der Waals surface area (Å²) >= 11 is 0. The van der Waals surface area contributed by atoms with Gasteiger partial charge in [0.1, 0.15) is 0 Å². The highest BCUT2D eigenvalue weighted by molar-refractivity contribution is 6.17. The van der Waals surface area contributed by atoms with Crippen molar-refractivity contribution in [3.8, 4) is 67.0 Å². The van der Waals surface area contributed by atoms with E-state index in [9.17, 15) is 0 Å². The fourth-order valence-electron chi connectivity index (χ4n) is 14.8. The van der Waals surface area contributed by atoms with Crippen LogP contribution >= 0.6 is 0 Å². The smallest absolute Gasteiger partial charge is 0.0725 e. The van der Waals surface area contributed by atoms with Crippen LogP contribution in [0.2, 0.25) is 0 Å². The van der Waals surface area contributed by atoms with Crippen molar-refractivity contribution in [2.24, 2.45) is 0 Å². The first-order chi connectivity index (χ1) is 41.1. The summed E-state index contributed by atoms with van der Waals surface area (Å²) in [6.07, 6.45) is 5.70. The third-order valence-corrected chi connectivity index (χ3v) is 18.4. The third kappa shape index (κ3) is 6.98. The lowest BCUT2D eigenvalue weighted by Crippen LogP contribution is -2.25. The zero-order valence-electron chi connectivity index (χ0n) is 45.9.